The Morgan fingerprint density at radius 3 is 1.12 bits per heavy atom. The molecule has 0 aromatic carbocycles. The van der Waals surface area contributed by atoms with E-state index >= 15 is 0 Å². The van der Waals surface area contributed by atoms with E-state index in [4.69, 9.17) is 0 Å². The largest absolute Gasteiger partial charge is 0.345 e. The monoisotopic (exact) mass is 414 g/mol. The molecule has 10 heteroatoms. The van der Waals surface area contributed by atoms with Gasteiger partial charge >= 0.3 is 32.2 Å². The maximum atomic E-state index is 11.7. The van der Waals surface area contributed by atoms with Crippen LogP contribution in [-0.4, -0.2) is 40.3 Å². The van der Waals surface area contributed by atoms with Crippen molar-refractivity contribution in [1.82, 2.24) is 0 Å². The smallest absolute Gasteiger partial charge is 0.327 e. The molecular formula is C16H30O8S2. The zero-order chi connectivity index (χ0) is 20.8. The van der Waals surface area contributed by atoms with Crippen LogP contribution < -0.4 is 0 Å². The predicted octanol–water partition coefficient (Wildman–Crippen LogP) is 2.39. The van der Waals surface area contributed by atoms with Crippen LogP contribution in [0.3, 0.4) is 0 Å². The normalized spacial score (nSPS) is 13.3. The molecule has 0 aliphatic rings. The first kappa shape index (κ1) is 24.8. The average molecular weight is 415 g/mol. The summed E-state index contributed by atoms with van der Waals surface area (Å²) in [6.07, 6.45) is 1.35. The lowest BCUT2D eigenvalue weighted by Gasteiger charge is -2.16. The third-order valence-corrected chi connectivity index (χ3v) is 5.56. The van der Waals surface area contributed by atoms with Gasteiger partial charge in [-0.15, -0.1) is 0 Å². The zero-order valence-corrected chi connectivity index (χ0v) is 18.0. The van der Waals surface area contributed by atoms with Crippen LogP contribution >= 0.6 is 0 Å². The Morgan fingerprint density at radius 2 is 0.885 bits per heavy atom. The van der Waals surface area contributed by atoms with Crippen LogP contribution in [0.1, 0.15) is 67.2 Å². The molecule has 0 heterocycles. The molecule has 26 heavy (non-hydrogen) atoms. The van der Waals surface area contributed by atoms with E-state index in [1.165, 1.54) is 0 Å². The van der Waals surface area contributed by atoms with Crippen LogP contribution in [-0.2, 0) is 38.2 Å². The molecule has 8 nitrogen and oxygen atoms in total. The molecule has 0 saturated carbocycles. The van der Waals surface area contributed by atoms with E-state index in [0.717, 1.165) is 0 Å². The number of hydrogen-bond donors (Lipinski definition) is 0. The molecule has 0 spiro atoms. The fourth-order valence-corrected chi connectivity index (χ4v) is 3.72. The van der Waals surface area contributed by atoms with Gasteiger partial charge in [0.15, 0.2) is 0 Å². The Kier molecular flexibility index (Phi) is 8.75. The molecule has 0 unspecified atom stereocenters. The van der Waals surface area contributed by atoms with Crippen molar-refractivity contribution in [3.05, 3.63) is 0 Å². The van der Waals surface area contributed by atoms with Gasteiger partial charge in [-0.2, -0.15) is 16.8 Å². The molecule has 0 N–H and O–H groups in total. The summed E-state index contributed by atoms with van der Waals surface area (Å²) in [5.41, 5.74) is -1.82. The van der Waals surface area contributed by atoms with E-state index in [2.05, 4.69) is 8.37 Å². The molecule has 0 fully saturated rings. The van der Waals surface area contributed by atoms with Crippen molar-refractivity contribution in [3.63, 3.8) is 0 Å². The topological polar surface area (TPSA) is 121 Å². The summed E-state index contributed by atoms with van der Waals surface area (Å²) in [5.74, 6) is -2.27. The summed E-state index contributed by atoms with van der Waals surface area (Å²) in [5, 5.41) is 0. The highest BCUT2D eigenvalue weighted by atomic mass is 32.2. The van der Waals surface area contributed by atoms with Gasteiger partial charge in [-0.25, -0.2) is 0 Å². The molecule has 0 saturated heterocycles. The first-order valence-corrected chi connectivity index (χ1v) is 11.5. The van der Waals surface area contributed by atoms with Gasteiger partial charge in [0.25, 0.3) is 0 Å². The first-order valence-electron chi connectivity index (χ1n) is 8.39. The zero-order valence-electron chi connectivity index (χ0n) is 16.3. The maximum absolute atomic E-state index is 11.7. The lowest BCUT2D eigenvalue weighted by molar-refractivity contribution is -0.143. The third kappa shape index (κ3) is 10.7. The van der Waals surface area contributed by atoms with Gasteiger partial charge in [0, 0.05) is 0 Å². The number of carbonyl (C=O) groups excluding carboxylic acids is 2. The van der Waals surface area contributed by atoms with Gasteiger partial charge in [0.05, 0.1) is 22.3 Å². The van der Waals surface area contributed by atoms with Crippen molar-refractivity contribution >= 4 is 32.2 Å². The molecule has 0 aliphatic carbocycles. The van der Waals surface area contributed by atoms with Crippen molar-refractivity contribution in [2.24, 2.45) is 10.8 Å². The van der Waals surface area contributed by atoms with Crippen LogP contribution in [0.4, 0.5) is 0 Å². The van der Waals surface area contributed by atoms with Gasteiger partial charge in [0.2, 0.25) is 0 Å². The number of carbonyl (C=O) groups is 2. The van der Waals surface area contributed by atoms with Gasteiger partial charge < -0.3 is 8.37 Å². The quantitative estimate of drug-likeness (QED) is 0.416. The first-order chi connectivity index (χ1) is 11.5. The summed E-state index contributed by atoms with van der Waals surface area (Å²) in [6.45, 7) is 9.32. The third-order valence-electron chi connectivity index (χ3n) is 3.17. The second-order valence-corrected chi connectivity index (χ2v) is 11.6. The molecule has 154 valence electrons. The lowest BCUT2D eigenvalue weighted by atomic mass is 9.98. The van der Waals surface area contributed by atoms with Crippen LogP contribution in [0.2, 0.25) is 0 Å². The Labute approximate surface area is 156 Å². The average Bonchev–Trinajstić information content (AvgIpc) is 2.39. The fraction of sp³-hybridized carbons (Fsp3) is 0.875. The predicted molar refractivity (Wildman–Crippen MR) is 97.1 cm³/mol. The van der Waals surface area contributed by atoms with Gasteiger partial charge in [0.1, 0.15) is 0 Å². The molecule has 0 amide bonds. The highest BCUT2D eigenvalue weighted by molar-refractivity contribution is 7.87. The fourth-order valence-electron chi connectivity index (χ4n) is 1.48. The minimum absolute atomic E-state index is 0.238. The summed E-state index contributed by atoms with van der Waals surface area (Å²) >= 11 is 0. The van der Waals surface area contributed by atoms with E-state index in [-0.39, 0.29) is 24.3 Å². The molecule has 0 aromatic rings. The van der Waals surface area contributed by atoms with Crippen molar-refractivity contribution in [2.75, 3.05) is 11.5 Å². The maximum Gasteiger partial charge on any atom is 0.327 e. The van der Waals surface area contributed by atoms with E-state index in [1.54, 1.807) is 41.5 Å². The number of unbranched alkanes of at least 4 members (excludes halogenated alkanes) is 3. The molecule has 0 aliphatic heterocycles. The van der Waals surface area contributed by atoms with Crippen molar-refractivity contribution in [2.45, 2.75) is 67.2 Å². The van der Waals surface area contributed by atoms with Crippen LogP contribution in [0.5, 0.6) is 0 Å². The Bertz CT molecular complexity index is 630. The number of hydrogen-bond acceptors (Lipinski definition) is 8. The van der Waals surface area contributed by atoms with Gasteiger partial charge in [-0.1, -0.05) is 12.8 Å². The Hall–Kier alpha value is -1.16. The second-order valence-electron chi connectivity index (χ2n) is 8.18. The van der Waals surface area contributed by atoms with Crippen molar-refractivity contribution in [1.29, 1.82) is 0 Å². The van der Waals surface area contributed by atoms with Gasteiger partial charge in [-0.3, -0.25) is 9.59 Å². The molecular weight excluding hydrogens is 384 g/mol. The number of rotatable bonds is 9. The summed E-state index contributed by atoms with van der Waals surface area (Å²) in [7, 11) is -7.90. The summed E-state index contributed by atoms with van der Waals surface area (Å²) in [6, 6.07) is 0. The Morgan fingerprint density at radius 1 is 0.615 bits per heavy atom. The highest BCUT2D eigenvalue weighted by Crippen LogP contribution is 2.19. The minimum Gasteiger partial charge on any atom is -0.345 e. The SMILES string of the molecule is CC(C)(C)C(=O)OS(=O)(=O)CCCCCCS(=O)(=O)OC(=O)C(C)(C)C. The molecule has 0 rings (SSSR count). The lowest BCUT2D eigenvalue weighted by Crippen LogP contribution is -2.27. The second kappa shape index (κ2) is 9.16. The standard InChI is InChI=1S/C16H30O8S2/c1-15(2,3)13(17)23-25(19,20)11-9-7-8-10-12-26(21,22)24-14(18)16(4,5)6/h7-12H2,1-6H3. The van der Waals surface area contributed by atoms with E-state index in [1.807, 2.05) is 0 Å². The van der Waals surface area contributed by atoms with E-state index < -0.39 is 43.0 Å². The van der Waals surface area contributed by atoms with Crippen molar-refractivity contribution < 1.29 is 34.8 Å². The van der Waals surface area contributed by atoms with Crippen molar-refractivity contribution in [3.8, 4) is 0 Å². The minimum atomic E-state index is -3.95. The molecule has 0 atom stereocenters. The summed E-state index contributed by atoms with van der Waals surface area (Å²) < 4.78 is 55.8. The van der Waals surface area contributed by atoms with E-state index in [9.17, 15) is 26.4 Å². The van der Waals surface area contributed by atoms with Crippen LogP contribution in [0.25, 0.3) is 0 Å². The molecule has 0 bridgehead atoms. The highest BCUT2D eigenvalue weighted by Gasteiger charge is 2.29. The van der Waals surface area contributed by atoms with Gasteiger partial charge in [-0.05, 0) is 54.4 Å². The van der Waals surface area contributed by atoms with E-state index in [0.29, 0.717) is 12.8 Å². The van der Waals surface area contributed by atoms with Crippen LogP contribution in [0.15, 0.2) is 0 Å². The summed E-state index contributed by atoms with van der Waals surface area (Å²) in [4.78, 5) is 23.1. The molecule has 0 aromatic heterocycles. The van der Waals surface area contributed by atoms with Crippen LogP contribution in [0, 0.1) is 10.8 Å². The Balaban J connectivity index is 4.18. The molecule has 0 radical (unpaired) electrons.